The van der Waals surface area contributed by atoms with Gasteiger partial charge in [-0.05, 0) is 24.6 Å². The van der Waals surface area contributed by atoms with Crippen LogP contribution >= 0.6 is 0 Å². The van der Waals surface area contributed by atoms with Crippen molar-refractivity contribution in [2.75, 3.05) is 19.7 Å². The molecule has 0 aliphatic rings. The number of ether oxygens (including phenoxy) is 1. The zero-order chi connectivity index (χ0) is 13.6. The first-order valence-corrected chi connectivity index (χ1v) is 6.19. The van der Waals surface area contributed by atoms with E-state index < -0.39 is 0 Å². The Labute approximate surface area is 109 Å². The van der Waals surface area contributed by atoms with Crippen LogP contribution in [-0.2, 0) is 10.2 Å². The minimum absolute atomic E-state index is 0.0271. The van der Waals surface area contributed by atoms with Gasteiger partial charge in [-0.25, -0.2) is 0 Å². The Morgan fingerprint density at radius 3 is 2.44 bits per heavy atom. The molecule has 18 heavy (non-hydrogen) atoms. The van der Waals surface area contributed by atoms with Crippen LogP contribution in [0.15, 0.2) is 24.3 Å². The third-order valence-electron chi connectivity index (χ3n) is 2.86. The molecule has 0 radical (unpaired) electrons. The summed E-state index contributed by atoms with van der Waals surface area (Å²) in [4.78, 5) is 11.2. The van der Waals surface area contributed by atoms with E-state index in [1.165, 1.54) is 0 Å². The lowest BCUT2D eigenvalue weighted by Gasteiger charge is -2.25. The van der Waals surface area contributed by atoms with E-state index in [0.717, 1.165) is 11.3 Å². The second-order valence-electron chi connectivity index (χ2n) is 4.82. The van der Waals surface area contributed by atoms with Crippen molar-refractivity contribution in [3.8, 4) is 5.75 Å². The van der Waals surface area contributed by atoms with Crippen LogP contribution < -0.4 is 15.8 Å². The lowest BCUT2D eigenvalue weighted by Crippen LogP contribution is -2.39. The summed E-state index contributed by atoms with van der Waals surface area (Å²) in [5, 5.41) is 2.82. The van der Waals surface area contributed by atoms with Crippen LogP contribution in [0.3, 0.4) is 0 Å². The van der Waals surface area contributed by atoms with Crippen LogP contribution in [-0.4, -0.2) is 25.6 Å². The van der Waals surface area contributed by atoms with E-state index in [2.05, 4.69) is 19.2 Å². The highest BCUT2D eigenvalue weighted by Gasteiger charge is 2.21. The number of rotatable bonds is 6. The van der Waals surface area contributed by atoms with Crippen molar-refractivity contribution < 1.29 is 9.53 Å². The monoisotopic (exact) mass is 250 g/mol. The predicted molar refractivity (Wildman–Crippen MR) is 72.7 cm³/mol. The van der Waals surface area contributed by atoms with Gasteiger partial charge in [-0.3, -0.25) is 4.79 Å². The van der Waals surface area contributed by atoms with Gasteiger partial charge >= 0.3 is 0 Å². The Balaban J connectivity index is 2.68. The maximum absolute atomic E-state index is 11.2. The van der Waals surface area contributed by atoms with Gasteiger partial charge in [0, 0.05) is 12.0 Å². The number of nitrogens with one attached hydrogen (secondary N) is 1. The first kappa shape index (κ1) is 14.5. The molecule has 3 N–H and O–H groups in total. The second-order valence-corrected chi connectivity index (χ2v) is 4.82. The number of carbonyl (C=O) groups excluding carboxylic acids is 1. The van der Waals surface area contributed by atoms with Gasteiger partial charge in [-0.1, -0.05) is 26.0 Å². The smallest absolute Gasteiger partial charge is 0.233 e. The van der Waals surface area contributed by atoms with Gasteiger partial charge in [0.05, 0.1) is 13.2 Å². The molecule has 0 aliphatic carbocycles. The maximum Gasteiger partial charge on any atom is 0.233 e. The molecule has 1 aromatic rings. The number of hydrogen-bond acceptors (Lipinski definition) is 3. The molecule has 0 saturated carbocycles. The SMILES string of the molecule is CCOc1ccc(C(C)(C)CNC(=O)CN)cc1. The normalized spacial score (nSPS) is 11.1. The van der Waals surface area contributed by atoms with Crippen molar-refractivity contribution in [1.82, 2.24) is 5.32 Å². The molecule has 0 saturated heterocycles. The molecule has 1 rings (SSSR count). The second kappa shape index (κ2) is 6.40. The van der Waals surface area contributed by atoms with E-state index >= 15 is 0 Å². The highest BCUT2D eigenvalue weighted by Crippen LogP contribution is 2.24. The van der Waals surface area contributed by atoms with E-state index in [1.54, 1.807) is 0 Å². The van der Waals surface area contributed by atoms with Crippen LogP contribution in [0.25, 0.3) is 0 Å². The summed E-state index contributed by atoms with van der Waals surface area (Å²) in [5.41, 5.74) is 6.29. The molecule has 100 valence electrons. The van der Waals surface area contributed by atoms with Crippen LogP contribution in [0.4, 0.5) is 0 Å². The van der Waals surface area contributed by atoms with Crippen LogP contribution in [0.5, 0.6) is 5.75 Å². The molecule has 4 nitrogen and oxygen atoms in total. The Hall–Kier alpha value is -1.55. The van der Waals surface area contributed by atoms with Crippen molar-refractivity contribution in [2.45, 2.75) is 26.2 Å². The zero-order valence-electron chi connectivity index (χ0n) is 11.3. The summed E-state index contributed by atoms with van der Waals surface area (Å²) >= 11 is 0. The molecular formula is C14H22N2O2. The summed E-state index contributed by atoms with van der Waals surface area (Å²) in [6.45, 7) is 7.38. The standard InChI is InChI=1S/C14H22N2O2/c1-4-18-12-7-5-11(6-8-12)14(2,3)10-16-13(17)9-15/h5-8H,4,9-10,15H2,1-3H3,(H,16,17). The first-order chi connectivity index (χ1) is 8.49. The van der Waals surface area contributed by atoms with Crippen molar-refractivity contribution in [3.63, 3.8) is 0 Å². The molecule has 0 atom stereocenters. The molecule has 1 aromatic carbocycles. The third kappa shape index (κ3) is 4.04. The molecule has 0 unspecified atom stereocenters. The molecule has 0 heterocycles. The summed E-state index contributed by atoms with van der Waals surface area (Å²) in [6.07, 6.45) is 0. The van der Waals surface area contributed by atoms with Gasteiger partial charge in [-0.2, -0.15) is 0 Å². The van der Waals surface area contributed by atoms with E-state index in [-0.39, 0.29) is 17.9 Å². The van der Waals surface area contributed by atoms with Gasteiger partial charge in [-0.15, -0.1) is 0 Å². The molecule has 1 amide bonds. The van der Waals surface area contributed by atoms with Gasteiger partial charge in [0.2, 0.25) is 5.91 Å². The van der Waals surface area contributed by atoms with E-state index in [9.17, 15) is 4.79 Å². The summed E-state index contributed by atoms with van der Waals surface area (Å²) in [6, 6.07) is 7.95. The van der Waals surface area contributed by atoms with Gasteiger partial charge in [0.25, 0.3) is 0 Å². The largest absolute Gasteiger partial charge is 0.494 e. The lowest BCUT2D eigenvalue weighted by molar-refractivity contribution is -0.119. The topological polar surface area (TPSA) is 64.3 Å². The fourth-order valence-electron chi connectivity index (χ4n) is 1.66. The summed E-state index contributed by atoms with van der Waals surface area (Å²) in [5.74, 6) is 0.733. The van der Waals surface area contributed by atoms with Gasteiger partial charge in [0.1, 0.15) is 5.75 Å². The average Bonchev–Trinajstić information content (AvgIpc) is 2.37. The molecule has 0 fully saturated rings. The predicted octanol–water partition coefficient (Wildman–Crippen LogP) is 1.44. The van der Waals surface area contributed by atoms with Crippen LogP contribution in [0.1, 0.15) is 26.3 Å². The molecular weight excluding hydrogens is 228 g/mol. The minimum Gasteiger partial charge on any atom is -0.494 e. The van der Waals surface area contributed by atoms with Crippen LogP contribution in [0.2, 0.25) is 0 Å². The van der Waals surface area contributed by atoms with Gasteiger partial charge in [0.15, 0.2) is 0 Å². The Bertz CT molecular complexity index is 385. The number of nitrogens with two attached hydrogens (primary N) is 1. The third-order valence-corrected chi connectivity index (χ3v) is 2.86. The fourth-order valence-corrected chi connectivity index (χ4v) is 1.66. The van der Waals surface area contributed by atoms with Crippen molar-refractivity contribution >= 4 is 5.91 Å². The number of carbonyl (C=O) groups is 1. The van der Waals surface area contributed by atoms with E-state index in [0.29, 0.717) is 13.2 Å². The Morgan fingerprint density at radius 2 is 1.94 bits per heavy atom. The zero-order valence-corrected chi connectivity index (χ0v) is 11.3. The van der Waals surface area contributed by atoms with Crippen molar-refractivity contribution in [1.29, 1.82) is 0 Å². The lowest BCUT2D eigenvalue weighted by atomic mass is 9.84. The highest BCUT2D eigenvalue weighted by molar-refractivity contribution is 5.77. The van der Waals surface area contributed by atoms with E-state index in [4.69, 9.17) is 10.5 Å². The number of amides is 1. The maximum atomic E-state index is 11.2. The Morgan fingerprint density at radius 1 is 1.33 bits per heavy atom. The quantitative estimate of drug-likeness (QED) is 0.803. The summed E-state index contributed by atoms with van der Waals surface area (Å²) < 4.78 is 5.40. The molecule has 0 bridgehead atoms. The molecule has 4 heteroatoms. The van der Waals surface area contributed by atoms with Crippen LogP contribution in [0, 0.1) is 0 Å². The number of hydrogen-bond donors (Lipinski definition) is 2. The highest BCUT2D eigenvalue weighted by atomic mass is 16.5. The van der Waals surface area contributed by atoms with Gasteiger partial charge < -0.3 is 15.8 Å². The molecule has 0 aliphatic heterocycles. The number of benzene rings is 1. The Kier molecular flexibility index (Phi) is 5.16. The minimum atomic E-state index is -0.131. The molecule has 0 spiro atoms. The first-order valence-electron chi connectivity index (χ1n) is 6.19. The van der Waals surface area contributed by atoms with Crippen molar-refractivity contribution in [3.05, 3.63) is 29.8 Å². The molecule has 0 aromatic heterocycles. The fraction of sp³-hybridized carbons (Fsp3) is 0.500. The van der Waals surface area contributed by atoms with Crippen molar-refractivity contribution in [2.24, 2.45) is 5.73 Å². The van der Waals surface area contributed by atoms with E-state index in [1.807, 2.05) is 31.2 Å². The summed E-state index contributed by atoms with van der Waals surface area (Å²) in [7, 11) is 0. The average molecular weight is 250 g/mol.